The molecule has 1 heterocycles. The molecule has 2 N–H and O–H groups in total. The number of carbonyl (C=O) groups is 3. The third-order valence-corrected chi connectivity index (χ3v) is 7.70. The average molecular weight is 641 g/mol. The number of aldehydes is 1. The summed E-state index contributed by atoms with van der Waals surface area (Å²) >= 11 is 0. The molecule has 8 nitrogen and oxygen atoms in total. The second-order valence-electron chi connectivity index (χ2n) is 11.2. The quantitative estimate of drug-likeness (QED) is 0.0708. The molecule has 0 aliphatic carbocycles. The molecule has 0 aliphatic heterocycles. The van der Waals surface area contributed by atoms with Gasteiger partial charge in [-0.05, 0) is 88.8 Å². The van der Waals surface area contributed by atoms with E-state index in [0.717, 1.165) is 31.2 Å². The second kappa shape index (κ2) is 21.9. The highest BCUT2D eigenvalue weighted by Crippen LogP contribution is 2.31. The van der Waals surface area contributed by atoms with Crippen molar-refractivity contribution in [1.82, 2.24) is 14.5 Å². The molecule has 0 saturated heterocycles. The zero-order valence-electron chi connectivity index (χ0n) is 29.4. The number of ketones is 1. The molecular weight excluding hydrogens is 583 g/mol. The van der Waals surface area contributed by atoms with Crippen LogP contribution in [0, 0.1) is 11.7 Å². The lowest BCUT2D eigenvalue weighted by molar-refractivity contribution is -0.104. The SMILES string of the molecule is CC.CCCN(C)CCC.CCCOc1cc2c(cc1C(=O)N(CC)CCC(CC)Cc1ccc(F)cc1)c(C(=O)C=O)cn2N. The summed E-state index contributed by atoms with van der Waals surface area (Å²) in [7, 11) is 2.17. The van der Waals surface area contributed by atoms with Gasteiger partial charge in [0.1, 0.15) is 11.6 Å². The molecule has 0 saturated carbocycles. The van der Waals surface area contributed by atoms with Gasteiger partial charge >= 0.3 is 0 Å². The number of nitrogens with zero attached hydrogens (tertiary/aromatic N) is 3. The van der Waals surface area contributed by atoms with E-state index in [0.29, 0.717) is 47.8 Å². The van der Waals surface area contributed by atoms with Gasteiger partial charge in [0.25, 0.3) is 5.91 Å². The van der Waals surface area contributed by atoms with E-state index in [9.17, 15) is 18.8 Å². The van der Waals surface area contributed by atoms with Gasteiger partial charge in [-0.15, -0.1) is 0 Å². The Morgan fingerprint density at radius 2 is 1.59 bits per heavy atom. The topological polar surface area (TPSA) is 97.9 Å². The molecule has 1 unspecified atom stereocenters. The number of nitrogen functional groups attached to an aromatic ring is 1. The third kappa shape index (κ3) is 12.2. The minimum absolute atomic E-state index is 0.145. The third-order valence-electron chi connectivity index (χ3n) is 7.70. The van der Waals surface area contributed by atoms with Crippen molar-refractivity contribution in [3.05, 3.63) is 65.1 Å². The van der Waals surface area contributed by atoms with Gasteiger partial charge in [0.05, 0.1) is 23.3 Å². The van der Waals surface area contributed by atoms with Crippen LogP contribution in [0.1, 0.15) is 107 Å². The maximum atomic E-state index is 13.7. The number of fused-ring (bicyclic) bond motifs is 1. The molecule has 1 aromatic heterocycles. The first-order valence-electron chi connectivity index (χ1n) is 16.9. The van der Waals surface area contributed by atoms with Gasteiger partial charge < -0.3 is 20.4 Å². The number of benzene rings is 2. The lowest BCUT2D eigenvalue weighted by Gasteiger charge is -2.25. The zero-order valence-corrected chi connectivity index (χ0v) is 29.4. The molecule has 2 aromatic carbocycles. The molecular formula is C37H57FN4O4. The Labute approximate surface area is 276 Å². The summed E-state index contributed by atoms with van der Waals surface area (Å²) in [5, 5.41) is 0.431. The fraction of sp³-hybridized carbons (Fsp3) is 0.541. The van der Waals surface area contributed by atoms with Gasteiger partial charge in [-0.1, -0.05) is 60.1 Å². The molecule has 0 bridgehead atoms. The molecule has 1 amide bonds. The van der Waals surface area contributed by atoms with Gasteiger partial charge in [0, 0.05) is 30.7 Å². The molecule has 0 spiro atoms. The minimum Gasteiger partial charge on any atom is -0.493 e. The van der Waals surface area contributed by atoms with Gasteiger partial charge in [-0.2, -0.15) is 0 Å². The molecule has 9 heteroatoms. The van der Waals surface area contributed by atoms with Crippen molar-refractivity contribution in [2.45, 2.75) is 87.0 Å². The first-order valence-corrected chi connectivity index (χ1v) is 16.9. The van der Waals surface area contributed by atoms with Crippen molar-refractivity contribution >= 4 is 28.9 Å². The Morgan fingerprint density at radius 3 is 2.11 bits per heavy atom. The maximum Gasteiger partial charge on any atom is 0.257 e. The van der Waals surface area contributed by atoms with Crippen LogP contribution < -0.4 is 10.6 Å². The highest BCUT2D eigenvalue weighted by Gasteiger charge is 2.24. The van der Waals surface area contributed by atoms with E-state index in [1.54, 1.807) is 29.2 Å². The highest BCUT2D eigenvalue weighted by atomic mass is 19.1. The van der Waals surface area contributed by atoms with Crippen molar-refractivity contribution in [2.75, 3.05) is 45.7 Å². The largest absolute Gasteiger partial charge is 0.493 e. The van der Waals surface area contributed by atoms with E-state index in [-0.39, 0.29) is 23.6 Å². The van der Waals surface area contributed by atoms with E-state index < -0.39 is 5.78 Å². The van der Waals surface area contributed by atoms with Gasteiger partial charge in [-0.25, -0.2) is 4.39 Å². The van der Waals surface area contributed by atoms with E-state index in [4.69, 9.17) is 10.6 Å². The number of rotatable bonds is 17. The number of ether oxygens (including phenoxy) is 1. The molecule has 3 rings (SSSR count). The van der Waals surface area contributed by atoms with Crippen LogP contribution >= 0.6 is 0 Å². The number of carbonyl (C=O) groups excluding carboxylic acids is 3. The molecule has 0 fully saturated rings. The molecule has 46 heavy (non-hydrogen) atoms. The maximum absolute atomic E-state index is 13.7. The van der Waals surface area contributed by atoms with Crippen LogP contribution in [0.4, 0.5) is 4.39 Å². The van der Waals surface area contributed by atoms with E-state index in [1.807, 2.05) is 27.7 Å². The van der Waals surface area contributed by atoms with Crippen molar-refractivity contribution in [1.29, 1.82) is 0 Å². The Kier molecular flexibility index (Phi) is 19.2. The first kappa shape index (κ1) is 40.3. The predicted octanol–water partition coefficient (Wildman–Crippen LogP) is 7.55. The highest BCUT2D eigenvalue weighted by molar-refractivity contribution is 6.36. The van der Waals surface area contributed by atoms with Crippen molar-refractivity contribution in [2.24, 2.45) is 5.92 Å². The number of hydrogen-bond acceptors (Lipinski definition) is 6. The summed E-state index contributed by atoms with van der Waals surface area (Å²) < 4.78 is 20.4. The minimum atomic E-state index is -0.705. The van der Waals surface area contributed by atoms with Gasteiger partial charge in [-0.3, -0.25) is 19.1 Å². The molecule has 3 aromatic rings. The number of nitrogens with two attached hydrogens (primary N) is 1. The number of hydrogen-bond donors (Lipinski definition) is 1. The van der Waals surface area contributed by atoms with Crippen molar-refractivity contribution in [3.63, 3.8) is 0 Å². The number of aromatic nitrogens is 1. The second-order valence-corrected chi connectivity index (χ2v) is 11.2. The summed E-state index contributed by atoms with van der Waals surface area (Å²) in [6.07, 6.45) is 7.45. The molecule has 1 atom stereocenters. The Bertz CT molecular complexity index is 1330. The standard InChI is InChI=1S/C28H34FN3O4.C7H17N.C2H6/c1-4-13-36-27-16-25-22(24(17-32(25)30)26(34)18-33)15-23(27)28(35)31(6-3)12-11-19(5-2)14-20-7-9-21(29)10-8-20;1-4-6-8(3)7-5-2;1-2/h7-10,15-19H,4-6,11-14,30H2,1-3H3;4-7H2,1-3H3;1-2H3. The van der Waals surface area contributed by atoms with E-state index in [2.05, 4.69) is 32.7 Å². The Morgan fingerprint density at radius 1 is 0.957 bits per heavy atom. The normalized spacial score (nSPS) is 11.3. The summed E-state index contributed by atoms with van der Waals surface area (Å²) in [4.78, 5) is 41.1. The molecule has 256 valence electrons. The van der Waals surface area contributed by atoms with Crippen LogP contribution in [-0.2, 0) is 11.2 Å². The summed E-state index contributed by atoms with van der Waals surface area (Å²) in [5.41, 5.74) is 2.04. The average Bonchev–Trinajstić information content (AvgIpc) is 3.39. The van der Waals surface area contributed by atoms with Crippen LogP contribution in [-0.4, -0.2) is 72.3 Å². The monoisotopic (exact) mass is 640 g/mol. The fourth-order valence-electron chi connectivity index (χ4n) is 5.23. The molecule has 0 aliphatic rings. The number of halogens is 1. The number of amides is 1. The number of Topliss-reactive ketones (excluding diaryl/α,β-unsaturated/α-hetero) is 1. The summed E-state index contributed by atoms with van der Waals surface area (Å²) in [6.45, 7) is 18.4. The van der Waals surface area contributed by atoms with Crippen LogP contribution in [0.15, 0.2) is 42.6 Å². The van der Waals surface area contributed by atoms with E-state index >= 15 is 0 Å². The van der Waals surface area contributed by atoms with E-state index in [1.165, 1.54) is 48.9 Å². The Balaban J connectivity index is 0.000000922. The fourth-order valence-corrected chi connectivity index (χ4v) is 5.23. The van der Waals surface area contributed by atoms with Crippen LogP contribution in [0.2, 0.25) is 0 Å². The summed E-state index contributed by atoms with van der Waals surface area (Å²) in [5.74, 6) is 5.58. The van der Waals surface area contributed by atoms with Crippen LogP contribution in [0.25, 0.3) is 10.9 Å². The molecule has 0 radical (unpaired) electrons. The van der Waals surface area contributed by atoms with Gasteiger partial charge in [0.2, 0.25) is 5.78 Å². The lowest BCUT2D eigenvalue weighted by atomic mass is 9.93. The lowest BCUT2D eigenvalue weighted by Crippen LogP contribution is -2.33. The summed E-state index contributed by atoms with van der Waals surface area (Å²) in [6, 6.07) is 9.79. The van der Waals surface area contributed by atoms with Crippen LogP contribution in [0.5, 0.6) is 5.75 Å². The Hall–Kier alpha value is -3.72. The van der Waals surface area contributed by atoms with Crippen molar-refractivity contribution in [3.8, 4) is 5.75 Å². The first-order chi connectivity index (χ1) is 22.1. The smallest absolute Gasteiger partial charge is 0.257 e. The zero-order chi connectivity index (χ0) is 34.6. The van der Waals surface area contributed by atoms with Crippen molar-refractivity contribution < 1.29 is 23.5 Å². The van der Waals surface area contributed by atoms with Crippen LogP contribution in [0.3, 0.4) is 0 Å². The predicted molar refractivity (Wildman–Crippen MR) is 188 cm³/mol. The van der Waals surface area contributed by atoms with Gasteiger partial charge in [0.15, 0.2) is 6.29 Å².